The molecule has 0 aromatic rings. The third-order valence-corrected chi connectivity index (χ3v) is 1.73. The molecule has 13 heavy (non-hydrogen) atoms. The summed E-state index contributed by atoms with van der Waals surface area (Å²) in [6.07, 6.45) is 2.75. The van der Waals surface area contributed by atoms with Crippen LogP contribution in [-0.4, -0.2) is 43.5 Å². The molecular formula is C8H11F2NO2. The van der Waals surface area contributed by atoms with Gasteiger partial charge in [-0.15, -0.1) is 0 Å². The van der Waals surface area contributed by atoms with E-state index in [0.29, 0.717) is 6.54 Å². The second-order valence-corrected chi connectivity index (χ2v) is 2.95. The summed E-state index contributed by atoms with van der Waals surface area (Å²) < 4.78 is 28.9. The van der Waals surface area contributed by atoms with Crippen molar-refractivity contribution in [3.8, 4) is 0 Å². The number of ether oxygens (including phenoxy) is 1. The van der Waals surface area contributed by atoms with Crippen LogP contribution >= 0.6 is 0 Å². The largest absolute Gasteiger partial charge is 0.466 e. The molecular weight excluding hydrogens is 180 g/mol. The lowest BCUT2D eigenvalue weighted by molar-refractivity contribution is -0.134. The smallest absolute Gasteiger partial charge is 0.330 e. The summed E-state index contributed by atoms with van der Waals surface area (Å²) in [5.41, 5.74) is 0. The minimum Gasteiger partial charge on any atom is -0.466 e. The van der Waals surface area contributed by atoms with Crippen molar-refractivity contribution >= 4 is 5.97 Å². The first-order valence-corrected chi connectivity index (χ1v) is 3.88. The normalized spacial score (nSPS) is 21.5. The molecule has 0 atom stereocenters. The highest BCUT2D eigenvalue weighted by Gasteiger charge is 2.42. The lowest BCUT2D eigenvalue weighted by Gasteiger charge is -2.37. The van der Waals surface area contributed by atoms with E-state index in [1.807, 2.05) is 0 Å². The number of carbonyl (C=O) groups is 1. The van der Waals surface area contributed by atoms with E-state index in [1.165, 1.54) is 19.3 Å². The van der Waals surface area contributed by atoms with Crippen LogP contribution in [0.2, 0.25) is 0 Å². The second-order valence-electron chi connectivity index (χ2n) is 2.95. The fourth-order valence-electron chi connectivity index (χ4n) is 1.10. The predicted octanol–water partition coefficient (Wildman–Crippen LogP) is 0.666. The molecule has 1 aliphatic rings. The molecule has 0 aromatic heterocycles. The number of hydrogen-bond donors (Lipinski definition) is 0. The molecule has 0 amide bonds. The highest BCUT2D eigenvalue weighted by molar-refractivity contribution is 5.81. The van der Waals surface area contributed by atoms with Crippen LogP contribution < -0.4 is 0 Å². The maximum absolute atomic E-state index is 12.3. The molecule has 0 N–H and O–H groups in total. The molecule has 0 saturated carbocycles. The summed E-state index contributed by atoms with van der Waals surface area (Å²) in [6, 6.07) is 0. The molecule has 0 aliphatic carbocycles. The van der Waals surface area contributed by atoms with Crippen LogP contribution in [-0.2, 0) is 9.53 Å². The molecule has 0 unspecified atom stereocenters. The third-order valence-electron chi connectivity index (χ3n) is 1.73. The lowest BCUT2D eigenvalue weighted by atomic mass is 10.1. The summed E-state index contributed by atoms with van der Waals surface area (Å²) in [4.78, 5) is 12.1. The molecule has 74 valence electrons. The third kappa shape index (κ3) is 3.10. The van der Waals surface area contributed by atoms with Gasteiger partial charge in [-0.1, -0.05) is 6.08 Å². The van der Waals surface area contributed by atoms with Crippen molar-refractivity contribution in [3.63, 3.8) is 0 Å². The summed E-state index contributed by atoms with van der Waals surface area (Å²) >= 11 is 0. The van der Waals surface area contributed by atoms with Gasteiger partial charge in [-0.05, 0) is 0 Å². The van der Waals surface area contributed by atoms with Crippen molar-refractivity contribution < 1.29 is 18.3 Å². The Balaban J connectivity index is 2.15. The van der Waals surface area contributed by atoms with Crippen LogP contribution in [0.15, 0.2) is 12.2 Å². The zero-order valence-corrected chi connectivity index (χ0v) is 7.30. The number of methoxy groups -OCH3 is 1. The molecule has 1 saturated heterocycles. The standard InChI is InChI=1S/C8H11F2NO2/c1-13-7(12)3-2-4-11-5-8(9,10)6-11/h2-3H,4-6H2,1H3/b3-2+. The van der Waals surface area contributed by atoms with Crippen LogP contribution in [0.25, 0.3) is 0 Å². The van der Waals surface area contributed by atoms with E-state index < -0.39 is 11.9 Å². The fraction of sp³-hybridized carbons (Fsp3) is 0.625. The van der Waals surface area contributed by atoms with Crippen LogP contribution in [0.4, 0.5) is 8.78 Å². The number of halogens is 2. The number of esters is 1. The van der Waals surface area contributed by atoms with Crippen molar-refractivity contribution in [2.24, 2.45) is 0 Å². The van der Waals surface area contributed by atoms with Gasteiger partial charge in [0.2, 0.25) is 0 Å². The zero-order chi connectivity index (χ0) is 9.90. The molecule has 0 bridgehead atoms. The summed E-state index contributed by atoms with van der Waals surface area (Å²) in [5.74, 6) is -3.01. The Bertz CT molecular complexity index is 220. The highest BCUT2D eigenvalue weighted by Crippen LogP contribution is 2.25. The van der Waals surface area contributed by atoms with Gasteiger partial charge < -0.3 is 4.74 Å². The van der Waals surface area contributed by atoms with Crippen molar-refractivity contribution in [3.05, 3.63) is 12.2 Å². The second kappa shape index (κ2) is 3.83. The van der Waals surface area contributed by atoms with Crippen LogP contribution in [0.5, 0.6) is 0 Å². The summed E-state index contributed by atoms with van der Waals surface area (Å²) in [6.45, 7) is -0.0816. The van der Waals surface area contributed by atoms with E-state index in [2.05, 4.69) is 4.74 Å². The lowest BCUT2D eigenvalue weighted by Crippen LogP contribution is -2.55. The van der Waals surface area contributed by atoms with Gasteiger partial charge in [0, 0.05) is 12.6 Å². The number of hydrogen-bond acceptors (Lipinski definition) is 3. The number of nitrogens with zero attached hydrogens (tertiary/aromatic N) is 1. The molecule has 1 aliphatic heterocycles. The van der Waals surface area contributed by atoms with E-state index >= 15 is 0 Å². The zero-order valence-electron chi connectivity index (χ0n) is 7.30. The summed E-state index contributed by atoms with van der Waals surface area (Å²) in [7, 11) is 1.27. The molecule has 1 fully saturated rings. The van der Waals surface area contributed by atoms with Gasteiger partial charge in [-0.3, -0.25) is 4.90 Å². The van der Waals surface area contributed by atoms with E-state index in [9.17, 15) is 13.6 Å². The number of alkyl halides is 2. The van der Waals surface area contributed by atoms with Gasteiger partial charge in [0.25, 0.3) is 5.92 Å². The molecule has 3 nitrogen and oxygen atoms in total. The van der Waals surface area contributed by atoms with Gasteiger partial charge in [0.1, 0.15) is 0 Å². The first-order chi connectivity index (χ1) is 6.03. The Morgan fingerprint density at radius 2 is 2.23 bits per heavy atom. The SMILES string of the molecule is COC(=O)/C=C/CN1CC(F)(F)C1. The fourth-order valence-corrected chi connectivity index (χ4v) is 1.10. The van der Waals surface area contributed by atoms with Crippen LogP contribution in [0.3, 0.4) is 0 Å². The highest BCUT2D eigenvalue weighted by atomic mass is 19.3. The van der Waals surface area contributed by atoms with Crippen molar-refractivity contribution in [2.75, 3.05) is 26.7 Å². The maximum atomic E-state index is 12.3. The Kier molecular flexibility index (Phi) is 2.98. The van der Waals surface area contributed by atoms with Crippen molar-refractivity contribution in [1.29, 1.82) is 0 Å². The van der Waals surface area contributed by atoms with Crippen molar-refractivity contribution in [1.82, 2.24) is 4.90 Å². The molecule has 1 rings (SSSR count). The van der Waals surface area contributed by atoms with Crippen LogP contribution in [0.1, 0.15) is 0 Å². The molecule has 0 aromatic carbocycles. The predicted molar refractivity (Wildman–Crippen MR) is 42.5 cm³/mol. The van der Waals surface area contributed by atoms with E-state index in [0.717, 1.165) is 0 Å². The van der Waals surface area contributed by atoms with Gasteiger partial charge in [0.05, 0.1) is 20.2 Å². The number of likely N-dealkylation sites (tertiary alicyclic amines) is 1. The average Bonchev–Trinajstić information content (AvgIpc) is 2.00. The van der Waals surface area contributed by atoms with Gasteiger partial charge in [-0.2, -0.15) is 0 Å². The monoisotopic (exact) mass is 191 g/mol. The first kappa shape index (κ1) is 10.1. The van der Waals surface area contributed by atoms with Gasteiger partial charge >= 0.3 is 5.97 Å². The van der Waals surface area contributed by atoms with E-state index in [-0.39, 0.29) is 13.1 Å². The number of carbonyl (C=O) groups excluding carboxylic acids is 1. The molecule has 0 spiro atoms. The Labute approximate surface area is 75.0 Å². The summed E-state index contributed by atoms with van der Waals surface area (Å²) in [5, 5.41) is 0. The topological polar surface area (TPSA) is 29.5 Å². The Morgan fingerprint density at radius 1 is 1.62 bits per heavy atom. The van der Waals surface area contributed by atoms with Crippen LogP contribution in [0, 0.1) is 0 Å². The molecule has 1 heterocycles. The maximum Gasteiger partial charge on any atom is 0.330 e. The molecule has 0 radical (unpaired) electrons. The Hall–Kier alpha value is -0.970. The first-order valence-electron chi connectivity index (χ1n) is 3.88. The average molecular weight is 191 g/mol. The van der Waals surface area contributed by atoms with Gasteiger partial charge in [0.15, 0.2) is 0 Å². The minimum atomic E-state index is -2.54. The Morgan fingerprint density at radius 3 is 2.69 bits per heavy atom. The molecule has 5 heteroatoms. The van der Waals surface area contributed by atoms with Crippen molar-refractivity contribution in [2.45, 2.75) is 5.92 Å². The van der Waals surface area contributed by atoms with Gasteiger partial charge in [-0.25, -0.2) is 13.6 Å². The minimum absolute atomic E-state index is 0.224. The number of rotatable bonds is 3. The van der Waals surface area contributed by atoms with E-state index in [4.69, 9.17) is 0 Å². The quantitative estimate of drug-likeness (QED) is 0.485. The van der Waals surface area contributed by atoms with E-state index in [1.54, 1.807) is 4.90 Å².